The second-order valence-corrected chi connectivity index (χ2v) is 4.93. The molecule has 2 N–H and O–H groups in total. The molecule has 20 heavy (non-hydrogen) atoms. The normalized spacial score (nSPS) is 11.3. The summed E-state index contributed by atoms with van der Waals surface area (Å²) in [4.78, 5) is 26.7. The maximum atomic E-state index is 11.7. The highest BCUT2D eigenvalue weighted by molar-refractivity contribution is 7.12. The number of carboxylic acid groups (broad SMARTS) is 1. The van der Waals surface area contributed by atoms with Crippen molar-refractivity contribution in [3.63, 3.8) is 0 Å². The van der Waals surface area contributed by atoms with Crippen LogP contribution < -0.4 is 0 Å². The van der Waals surface area contributed by atoms with Crippen LogP contribution in [0, 0.1) is 0 Å². The number of hydrogen-bond acceptors (Lipinski definition) is 5. The number of aromatic nitrogens is 1. The van der Waals surface area contributed by atoms with Crippen molar-refractivity contribution in [3.8, 4) is 0 Å². The third-order valence-electron chi connectivity index (χ3n) is 2.49. The summed E-state index contributed by atoms with van der Waals surface area (Å²) in [6, 6.07) is 7.27. The number of nitrogens with zero attached hydrogens (tertiary/aromatic N) is 1. The van der Waals surface area contributed by atoms with Crippen LogP contribution in [0.25, 0.3) is 0 Å². The molecule has 0 fully saturated rings. The third-order valence-corrected chi connectivity index (χ3v) is 3.49. The lowest BCUT2D eigenvalue weighted by Crippen LogP contribution is -2.02. The highest BCUT2D eigenvalue weighted by Gasteiger charge is 2.12. The molecule has 6 heteroatoms. The van der Waals surface area contributed by atoms with E-state index in [4.69, 9.17) is 10.2 Å². The predicted octanol–water partition coefficient (Wildman–Crippen LogP) is 2.44. The van der Waals surface area contributed by atoms with E-state index in [0.29, 0.717) is 17.4 Å². The Hall–Kier alpha value is -2.47. The van der Waals surface area contributed by atoms with Crippen molar-refractivity contribution in [2.45, 2.75) is 6.42 Å². The average molecular weight is 289 g/mol. The number of carboxylic acids is 1. The lowest BCUT2D eigenvalue weighted by Gasteiger charge is -1.96. The minimum absolute atomic E-state index is 0.378. The van der Waals surface area contributed by atoms with Crippen molar-refractivity contribution in [1.29, 1.82) is 0 Å². The molecule has 2 rings (SSSR count). The van der Waals surface area contributed by atoms with E-state index in [0.717, 1.165) is 11.3 Å². The van der Waals surface area contributed by atoms with E-state index < -0.39 is 17.5 Å². The Morgan fingerprint density at radius 2 is 2.10 bits per heavy atom. The topological polar surface area (TPSA) is 87.5 Å². The largest absolute Gasteiger partial charge is 0.502 e. The molecule has 0 saturated carbocycles. The molecule has 0 aliphatic rings. The Morgan fingerprint density at radius 1 is 1.30 bits per heavy atom. The summed E-state index contributed by atoms with van der Waals surface area (Å²) in [6.45, 7) is 0. The van der Waals surface area contributed by atoms with Crippen LogP contribution in [0.1, 0.15) is 20.9 Å². The number of hydrogen-bond donors (Lipinski definition) is 2. The number of aliphatic hydroxyl groups excluding tert-OH is 1. The Bertz CT molecular complexity index is 661. The number of carbonyl (C=O) groups excluding carboxylic acids is 1. The van der Waals surface area contributed by atoms with Crippen molar-refractivity contribution < 1.29 is 19.8 Å². The number of rotatable bonds is 5. The number of allylic oxidation sites excluding steroid dienone is 1. The van der Waals surface area contributed by atoms with Gasteiger partial charge in [0.2, 0.25) is 5.76 Å². The van der Waals surface area contributed by atoms with Gasteiger partial charge in [0.1, 0.15) is 0 Å². The summed E-state index contributed by atoms with van der Waals surface area (Å²) in [5.74, 6) is -3.01. The molecule has 2 aromatic rings. The molecule has 102 valence electrons. The molecular formula is C14H11NO4S. The number of aliphatic hydroxyl groups is 1. The summed E-state index contributed by atoms with van der Waals surface area (Å²) < 4.78 is 0. The monoisotopic (exact) mass is 289 g/mol. The average Bonchev–Trinajstić information content (AvgIpc) is 2.88. The quantitative estimate of drug-likeness (QED) is 0.501. The zero-order valence-corrected chi connectivity index (χ0v) is 11.1. The molecular weight excluding hydrogens is 278 g/mol. The second kappa shape index (κ2) is 6.12. The van der Waals surface area contributed by atoms with Crippen molar-refractivity contribution in [2.24, 2.45) is 0 Å². The molecule has 0 bridgehead atoms. The smallest absolute Gasteiger partial charge is 0.371 e. The highest BCUT2D eigenvalue weighted by atomic mass is 32.1. The van der Waals surface area contributed by atoms with Crippen molar-refractivity contribution in [3.05, 3.63) is 63.8 Å². The third kappa shape index (κ3) is 3.52. The summed E-state index contributed by atoms with van der Waals surface area (Å²) in [5.41, 5.74) is 1.80. The van der Waals surface area contributed by atoms with Crippen LogP contribution in [0.3, 0.4) is 0 Å². The molecule has 0 atom stereocenters. The Labute approximate surface area is 118 Å². The molecule has 0 saturated heterocycles. The van der Waals surface area contributed by atoms with E-state index in [1.54, 1.807) is 12.3 Å². The SMILES string of the molecule is O=C(O)/C(O)=C/C(=O)c1cc(Cc2ccccn2)cs1. The Kier molecular flexibility index (Phi) is 4.27. The minimum Gasteiger partial charge on any atom is -0.502 e. The van der Waals surface area contributed by atoms with Gasteiger partial charge in [0.15, 0.2) is 5.78 Å². The minimum atomic E-state index is -1.52. The second-order valence-electron chi connectivity index (χ2n) is 4.02. The van der Waals surface area contributed by atoms with Crippen LogP contribution in [0.15, 0.2) is 47.7 Å². The molecule has 0 spiro atoms. The lowest BCUT2D eigenvalue weighted by atomic mass is 10.1. The number of carbonyl (C=O) groups is 2. The molecule has 2 aromatic heterocycles. The number of thiophene rings is 1. The van der Waals surface area contributed by atoms with Crippen LogP contribution >= 0.6 is 11.3 Å². The number of pyridine rings is 1. The molecule has 0 aliphatic heterocycles. The van der Waals surface area contributed by atoms with Gasteiger partial charge >= 0.3 is 5.97 Å². The van der Waals surface area contributed by atoms with Crippen LogP contribution in [-0.2, 0) is 11.2 Å². The van der Waals surface area contributed by atoms with E-state index in [9.17, 15) is 9.59 Å². The van der Waals surface area contributed by atoms with Gasteiger partial charge in [0.05, 0.1) is 4.88 Å². The van der Waals surface area contributed by atoms with Gasteiger partial charge in [-0.3, -0.25) is 9.78 Å². The fourth-order valence-electron chi connectivity index (χ4n) is 1.57. The molecule has 0 aliphatic carbocycles. The fraction of sp³-hybridized carbons (Fsp3) is 0.0714. The van der Waals surface area contributed by atoms with Gasteiger partial charge in [0, 0.05) is 24.4 Å². The standard InChI is InChI=1S/C14H11NO4S/c16-11(7-12(17)14(18)19)13-6-9(8-20-13)5-10-3-1-2-4-15-10/h1-4,6-8,17H,5H2,(H,18,19)/b12-7-. The van der Waals surface area contributed by atoms with Crippen LogP contribution in [0.2, 0.25) is 0 Å². The van der Waals surface area contributed by atoms with Gasteiger partial charge in [-0.15, -0.1) is 11.3 Å². The van der Waals surface area contributed by atoms with Crippen LogP contribution in [-0.4, -0.2) is 26.9 Å². The molecule has 0 amide bonds. The zero-order valence-electron chi connectivity index (χ0n) is 10.3. The van der Waals surface area contributed by atoms with Gasteiger partial charge in [-0.1, -0.05) is 6.07 Å². The molecule has 2 heterocycles. The van der Waals surface area contributed by atoms with E-state index >= 15 is 0 Å². The molecule has 0 unspecified atom stereocenters. The first-order chi connectivity index (χ1) is 9.56. The first kappa shape index (κ1) is 14.0. The molecule has 5 nitrogen and oxygen atoms in total. The van der Waals surface area contributed by atoms with Crippen molar-refractivity contribution in [2.75, 3.05) is 0 Å². The number of ketones is 1. The van der Waals surface area contributed by atoms with E-state index in [2.05, 4.69) is 4.98 Å². The first-order valence-electron chi connectivity index (χ1n) is 5.72. The Morgan fingerprint density at radius 3 is 2.75 bits per heavy atom. The van der Waals surface area contributed by atoms with Crippen molar-refractivity contribution >= 4 is 23.1 Å². The van der Waals surface area contributed by atoms with Crippen LogP contribution in [0.4, 0.5) is 0 Å². The first-order valence-corrected chi connectivity index (χ1v) is 6.60. The maximum absolute atomic E-state index is 11.7. The number of aliphatic carboxylic acids is 1. The predicted molar refractivity (Wildman–Crippen MR) is 74.0 cm³/mol. The summed E-state index contributed by atoms with van der Waals surface area (Å²) in [6.07, 6.45) is 3.00. The van der Waals surface area contributed by atoms with E-state index in [1.165, 1.54) is 11.3 Å². The Balaban J connectivity index is 2.11. The van der Waals surface area contributed by atoms with E-state index in [1.807, 2.05) is 23.6 Å². The zero-order chi connectivity index (χ0) is 14.5. The molecule has 0 aromatic carbocycles. The van der Waals surface area contributed by atoms with Crippen LogP contribution in [0.5, 0.6) is 0 Å². The van der Waals surface area contributed by atoms with Gasteiger partial charge in [-0.05, 0) is 29.1 Å². The van der Waals surface area contributed by atoms with Gasteiger partial charge in [0.25, 0.3) is 0 Å². The lowest BCUT2D eigenvalue weighted by molar-refractivity contribution is -0.135. The van der Waals surface area contributed by atoms with Gasteiger partial charge < -0.3 is 10.2 Å². The summed E-state index contributed by atoms with van der Waals surface area (Å²) in [5, 5.41) is 19.4. The van der Waals surface area contributed by atoms with Gasteiger partial charge in [-0.25, -0.2) is 4.79 Å². The summed E-state index contributed by atoms with van der Waals surface area (Å²) in [7, 11) is 0. The molecule has 0 radical (unpaired) electrons. The maximum Gasteiger partial charge on any atom is 0.371 e. The summed E-state index contributed by atoms with van der Waals surface area (Å²) >= 11 is 1.20. The van der Waals surface area contributed by atoms with Crippen molar-refractivity contribution in [1.82, 2.24) is 4.98 Å². The highest BCUT2D eigenvalue weighted by Crippen LogP contribution is 2.18. The fourth-order valence-corrected chi connectivity index (χ4v) is 2.39. The van der Waals surface area contributed by atoms with Gasteiger partial charge in [-0.2, -0.15) is 0 Å². The van der Waals surface area contributed by atoms with E-state index in [-0.39, 0.29) is 0 Å².